The number of rotatable bonds is 6. The third-order valence-electron chi connectivity index (χ3n) is 2.69. The van der Waals surface area contributed by atoms with Crippen LogP contribution >= 0.6 is 34.4 Å². The zero-order valence-corrected chi connectivity index (χ0v) is 14.2. The van der Waals surface area contributed by atoms with Crippen molar-refractivity contribution in [3.63, 3.8) is 0 Å². The predicted octanol–water partition coefficient (Wildman–Crippen LogP) is 2.97. The summed E-state index contributed by atoms with van der Waals surface area (Å²) in [5.41, 5.74) is 1.62. The molecular weight excluding hydrogens is 391 g/mol. The van der Waals surface area contributed by atoms with Crippen LogP contribution in [-0.2, 0) is 4.79 Å². The van der Waals surface area contributed by atoms with Crippen LogP contribution in [0.4, 0.5) is 0 Å². The van der Waals surface area contributed by atoms with Gasteiger partial charge in [0, 0.05) is 40.8 Å². The number of imidazole rings is 1. The van der Waals surface area contributed by atoms with Crippen LogP contribution in [0.1, 0.15) is 32.7 Å². The van der Waals surface area contributed by atoms with E-state index in [1.165, 1.54) is 11.8 Å². The lowest BCUT2D eigenvalue weighted by molar-refractivity contribution is -0.137. The Kier molecular flexibility index (Phi) is 5.19. The molecule has 20 heavy (non-hydrogen) atoms. The van der Waals surface area contributed by atoms with E-state index in [-0.39, 0.29) is 12.5 Å². The summed E-state index contributed by atoms with van der Waals surface area (Å²) < 4.78 is 2.69. The second-order valence-electron chi connectivity index (χ2n) is 4.56. The minimum atomic E-state index is -0.767. The minimum Gasteiger partial charge on any atom is -0.481 e. The maximum atomic E-state index is 10.5. The normalized spacial score (nSPS) is 11.4. The van der Waals surface area contributed by atoms with Crippen molar-refractivity contribution in [3.8, 4) is 0 Å². The highest BCUT2D eigenvalue weighted by Crippen LogP contribution is 2.26. The molecule has 0 unspecified atom stereocenters. The molecule has 0 spiro atoms. The summed E-state index contributed by atoms with van der Waals surface area (Å²) in [7, 11) is 0. The van der Waals surface area contributed by atoms with Crippen LogP contribution in [0.25, 0.3) is 11.2 Å². The van der Waals surface area contributed by atoms with Crippen molar-refractivity contribution in [2.75, 3.05) is 5.75 Å². The second-order valence-corrected chi connectivity index (χ2v) is 6.61. The summed E-state index contributed by atoms with van der Waals surface area (Å²) >= 11 is 3.63. The standard InChI is InChI=1S/C12H15IN4O2S/c1-7(2)17-6-14-9-10(17)15-12(13)16-11(9)20-5-3-4-8(18)19/h6-7H,3-5H2,1-2H3,(H,18,19). The third kappa shape index (κ3) is 3.60. The highest BCUT2D eigenvalue weighted by Gasteiger charge is 2.14. The minimum absolute atomic E-state index is 0.179. The van der Waals surface area contributed by atoms with Gasteiger partial charge in [0.25, 0.3) is 0 Å². The monoisotopic (exact) mass is 406 g/mol. The Morgan fingerprint density at radius 3 is 2.90 bits per heavy atom. The van der Waals surface area contributed by atoms with Gasteiger partial charge in [0.1, 0.15) is 10.5 Å². The molecule has 0 fully saturated rings. The van der Waals surface area contributed by atoms with Crippen LogP contribution in [0.5, 0.6) is 0 Å². The average Bonchev–Trinajstić information content (AvgIpc) is 2.77. The molecule has 0 saturated heterocycles. The Hall–Kier alpha value is -0.900. The van der Waals surface area contributed by atoms with E-state index in [9.17, 15) is 4.79 Å². The summed E-state index contributed by atoms with van der Waals surface area (Å²) in [5, 5.41) is 9.46. The molecule has 0 atom stereocenters. The van der Waals surface area contributed by atoms with Crippen molar-refractivity contribution >= 4 is 51.5 Å². The Labute approximate surface area is 134 Å². The molecule has 2 aromatic heterocycles. The van der Waals surface area contributed by atoms with Gasteiger partial charge in [-0.2, -0.15) is 0 Å². The second kappa shape index (κ2) is 6.70. The number of aliphatic carboxylic acids is 1. The van der Waals surface area contributed by atoms with Gasteiger partial charge in [0.15, 0.2) is 9.48 Å². The first kappa shape index (κ1) is 15.5. The lowest BCUT2D eigenvalue weighted by Gasteiger charge is -2.08. The first-order chi connectivity index (χ1) is 9.49. The predicted molar refractivity (Wildman–Crippen MR) is 86.0 cm³/mol. The number of aromatic nitrogens is 4. The number of nitrogens with zero attached hydrogens (tertiary/aromatic N) is 4. The van der Waals surface area contributed by atoms with Gasteiger partial charge < -0.3 is 9.67 Å². The quantitative estimate of drug-likeness (QED) is 0.261. The molecule has 6 nitrogen and oxygen atoms in total. The SMILES string of the molecule is CC(C)n1cnc2c(SCCCC(=O)O)nc(I)nc21. The van der Waals surface area contributed by atoms with Crippen LogP contribution in [-0.4, -0.2) is 36.3 Å². The molecule has 108 valence electrons. The van der Waals surface area contributed by atoms with E-state index in [2.05, 4.69) is 51.4 Å². The van der Waals surface area contributed by atoms with Crippen LogP contribution in [0, 0.1) is 3.83 Å². The van der Waals surface area contributed by atoms with E-state index in [1.54, 1.807) is 6.33 Å². The van der Waals surface area contributed by atoms with Crippen molar-refractivity contribution in [1.82, 2.24) is 19.5 Å². The molecular formula is C12H15IN4O2S. The third-order valence-corrected chi connectivity index (χ3v) is 4.23. The van der Waals surface area contributed by atoms with Crippen molar-refractivity contribution in [1.29, 1.82) is 0 Å². The summed E-state index contributed by atoms with van der Waals surface area (Å²) in [4.78, 5) is 23.7. The first-order valence-electron chi connectivity index (χ1n) is 6.23. The number of thioether (sulfide) groups is 1. The molecule has 2 aromatic rings. The molecule has 0 aliphatic carbocycles. The van der Waals surface area contributed by atoms with Crippen LogP contribution in [0.3, 0.4) is 0 Å². The molecule has 2 rings (SSSR count). The Morgan fingerprint density at radius 2 is 2.25 bits per heavy atom. The van der Waals surface area contributed by atoms with Crippen LogP contribution in [0.15, 0.2) is 11.4 Å². The highest BCUT2D eigenvalue weighted by molar-refractivity contribution is 14.1. The van der Waals surface area contributed by atoms with Crippen LogP contribution in [0.2, 0.25) is 0 Å². The molecule has 0 aliphatic rings. The average molecular weight is 406 g/mol. The lowest BCUT2D eigenvalue weighted by Crippen LogP contribution is -2.02. The van der Waals surface area contributed by atoms with Crippen LogP contribution < -0.4 is 0 Å². The largest absolute Gasteiger partial charge is 0.481 e. The number of carboxylic acids is 1. The zero-order valence-electron chi connectivity index (χ0n) is 11.2. The molecule has 0 aromatic carbocycles. The van der Waals surface area contributed by atoms with Gasteiger partial charge in [-0.3, -0.25) is 4.79 Å². The molecule has 8 heteroatoms. The van der Waals surface area contributed by atoms with E-state index in [1.807, 2.05) is 4.57 Å². The van der Waals surface area contributed by atoms with E-state index >= 15 is 0 Å². The number of carboxylic acid groups (broad SMARTS) is 1. The highest BCUT2D eigenvalue weighted by atomic mass is 127. The molecule has 0 amide bonds. The Morgan fingerprint density at radius 1 is 1.50 bits per heavy atom. The van der Waals surface area contributed by atoms with Crippen molar-refractivity contribution in [2.24, 2.45) is 0 Å². The molecule has 2 heterocycles. The number of hydrogen-bond donors (Lipinski definition) is 1. The lowest BCUT2D eigenvalue weighted by atomic mass is 10.3. The number of fused-ring (bicyclic) bond motifs is 1. The molecule has 1 N–H and O–H groups in total. The fourth-order valence-corrected chi connectivity index (χ4v) is 3.28. The Bertz CT molecular complexity index is 629. The number of halogens is 1. The topological polar surface area (TPSA) is 80.9 Å². The van der Waals surface area contributed by atoms with Gasteiger partial charge >= 0.3 is 5.97 Å². The molecule has 0 bridgehead atoms. The zero-order chi connectivity index (χ0) is 14.7. The van der Waals surface area contributed by atoms with Gasteiger partial charge in [0.05, 0.1) is 6.33 Å². The van der Waals surface area contributed by atoms with Gasteiger partial charge in [0.2, 0.25) is 0 Å². The summed E-state index contributed by atoms with van der Waals surface area (Å²) in [5.74, 6) is -0.0552. The smallest absolute Gasteiger partial charge is 0.303 e. The van der Waals surface area contributed by atoms with E-state index in [0.717, 1.165) is 16.2 Å². The Balaban J connectivity index is 2.22. The van der Waals surface area contributed by atoms with E-state index < -0.39 is 5.97 Å². The fraction of sp³-hybridized carbons (Fsp3) is 0.500. The van der Waals surface area contributed by atoms with E-state index in [4.69, 9.17) is 5.11 Å². The van der Waals surface area contributed by atoms with Crippen molar-refractivity contribution < 1.29 is 9.90 Å². The fourth-order valence-electron chi connectivity index (χ4n) is 1.74. The maximum Gasteiger partial charge on any atom is 0.303 e. The molecule has 0 radical (unpaired) electrons. The maximum absolute atomic E-state index is 10.5. The molecule has 0 saturated carbocycles. The van der Waals surface area contributed by atoms with E-state index in [0.29, 0.717) is 16.0 Å². The summed E-state index contributed by atoms with van der Waals surface area (Å²) in [6.45, 7) is 4.16. The van der Waals surface area contributed by atoms with Gasteiger partial charge in [-0.15, -0.1) is 11.8 Å². The van der Waals surface area contributed by atoms with Gasteiger partial charge in [-0.1, -0.05) is 0 Å². The first-order valence-corrected chi connectivity index (χ1v) is 8.30. The molecule has 0 aliphatic heterocycles. The van der Waals surface area contributed by atoms with Gasteiger partial charge in [-0.25, -0.2) is 15.0 Å². The van der Waals surface area contributed by atoms with Crippen molar-refractivity contribution in [2.45, 2.75) is 37.8 Å². The number of carbonyl (C=O) groups is 1. The number of hydrogen-bond acceptors (Lipinski definition) is 5. The summed E-state index contributed by atoms with van der Waals surface area (Å²) in [6, 6.07) is 0.288. The van der Waals surface area contributed by atoms with Gasteiger partial charge in [-0.05, 0) is 20.3 Å². The summed E-state index contributed by atoms with van der Waals surface area (Å²) in [6.07, 6.45) is 2.58. The van der Waals surface area contributed by atoms with Crippen molar-refractivity contribution in [3.05, 3.63) is 10.2 Å².